The Morgan fingerprint density at radius 3 is 2.29 bits per heavy atom. The maximum atomic E-state index is 12.1. The largest absolute Gasteiger partial charge is 0.491 e. The number of anilines is 1. The summed E-state index contributed by atoms with van der Waals surface area (Å²) in [6, 6.07) is 17.8. The molecule has 0 aromatic heterocycles. The van der Waals surface area contributed by atoms with Gasteiger partial charge in [0.1, 0.15) is 5.75 Å². The monoisotopic (exact) mass is 326 g/mol. The van der Waals surface area contributed by atoms with Crippen LogP contribution in [0.25, 0.3) is 0 Å². The van der Waals surface area contributed by atoms with Gasteiger partial charge in [0.15, 0.2) is 0 Å². The predicted octanol–water partition coefficient (Wildman–Crippen LogP) is 4.15. The average molecular weight is 326 g/mol. The van der Waals surface area contributed by atoms with E-state index in [0.29, 0.717) is 0 Å². The lowest BCUT2D eigenvalue weighted by atomic mass is 10.0. The molecule has 0 radical (unpaired) electrons. The Balaban J connectivity index is 1.84. The molecule has 24 heavy (non-hydrogen) atoms. The molecule has 2 N–H and O–H groups in total. The van der Waals surface area contributed by atoms with Crippen LogP contribution in [0.3, 0.4) is 0 Å². The van der Waals surface area contributed by atoms with Crippen LogP contribution in [0.2, 0.25) is 0 Å². The van der Waals surface area contributed by atoms with Crippen LogP contribution in [0.15, 0.2) is 54.6 Å². The minimum absolute atomic E-state index is 0.0538. The maximum Gasteiger partial charge on any atom is 0.238 e. The van der Waals surface area contributed by atoms with E-state index in [9.17, 15) is 4.79 Å². The second kappa shape index (κ2) is 9.08. The molecule has 2 aromatic rings. The summed E-state index contributed by atoms with van der Waals surface area (Å²) in [5.74, 6) is 0.748. The van der Waals surface area contributed by atoms with Crippen LogP contribution in [0.1, 0.15) is 38.8 Å². The fourth-order valence-corrected chi connectivity index (χ4v) is 2.49. The molecule has 0 saturated heterocycles. The van der Waals surface area contributed by atoms with E-state index in [1.807, 2.05) is 56.3 Å². The van der Waals surface area contributed by atoms with E-state index in [0.717, 1.165) is 17.9 Å². The van der Waals surface area contributed by atoms with Crippen molar-refractivity contribution in [3.05, 3.63) is 60.2 Å². The van der Waals surface area contributed by atoms with E-state index in [1.54, 1.807) is 0 Å². The number of nitrogens with one attached hydrogen (secondary N) is 2. The van der Waals surface area contributed by atoms with E-state index < -0.39 is 0 Å². The third-order valence-electron chi connectivity index (χ3n) is 3.63. The van der Waals surface area contributed by atoms with Crippen LogP contribution in [0.5, 0.6) is 5.75 Å². The van der Waals surface area contributed by atoms with Crippen molar-refractivity contribution < 1.29 is 9.53 Å². The highest BCUT2D eigenvalue weighted by atomic mass is 16.5. The van der Waals surface area contributed by atoms with Gasteiger partial charge in [-0.2, -0.15) is 0 Å². The van der Waals surface area contributed by atoms with Crippen LogP contribution >= 0.6 is 0 Å². The molecular formula is C20H26N2O2. The average Bonchev–Trinajstić information content (AvgIpc) is 2.58. The first-order valence-corrected chi connectivity index (χ1v) is 8.43. The molecule has 0 aliphatic carbocycles. The lowest BCUT2D eigenvalue weighted by Gasteiger charge is -2.17. The summed E-state index contributed by atoms with van der Waals surface area (Å²) >= 11 is 0. The molecule has 0 heterocycles. The summed E-state index contributed by atoms with van der Waals surface area (Å²) in [6.45, 7) is 6.35. The van der Waals surface area contributed by atoms with Crippen LogP contribution < -0.4 is 15.4 Å². The van der Waals surface area contributed by atoms with Gasteiger partial charge in [0, 0.05) is 11.7 Å². The molecule has 0 spiro atoms. The molecule has 0 fully saturated rings. The van der Waals surface area contributed by atoms with Crippen molar-refractivity contribution in [3.63, 3.8) is 0 Å². The number of benzene rings is 2. The van der Waals surface area contributed by atoms with Gasteiger partial charge in [-0.25, -0.2) is 0 Å². The Labute approximate surface area is 144 Å². The predicted molar refractivity (Wildman–Crippen MR) is 98.3 cm³/mol. The van der Waals surface area contributed by atoms with Crippen molar-refractivity contribution >= 4 is 11.6 Å². The number of carbonyl (C=O) groups is 1. The molecule has 0 saturated carbocycles. The third-order valence-corrected chi connectivity index (χ3v) is 3.63. The van der Waals surface area contributed by atoms with Crippen LogP contribution in [-0.2, 0) is 4.79 Å². The van der Waals surface area contributed by atoms with Gasteiger partial charge in [0.05, 0.1) is 12.6 Å². The van der Waals surface area contributed by atoms with E-state index in [4.69, 9.17) is 4.74 Å². The van der Waals surface area contributed by atoms with Crippen molar-refractivity contribution in [2.45, 2.75) is 39.3 Å². The standard InChI is InChI=1S/C20H26N2O2/c1-4-19(16-8-6-5-7-9-16)21-14-20(23)22-17-10-12-18(13-11-17)24-15(2)3/h5-13,15,19,21H,4,14H2,1-3H3,(H,22,23). The van der Waals surface area contributed by atoms with E-state index >= 15 is 0 Å². The number of rotatable bonds is 8. The first-order chi connectivity index (χ1) is 11.6. The molecule has 4 heteroatoms. The topological polar surface area (TPSA) is 50.4 Å². The minimum Gasteiger partial charge on any atom is -0.491 e. The Morgan fingerprint density at radius 2 is 1.71 bits per heavy atom. The van der Waals surface area contributed by atoms with Gasteiger partial charge in [-0.3, -0.25) is 4.79 Å². The van der Waals surface area contributed by atoms with Crippen molar-refractivity contribution in [2.24, 2.45) is 0 Å². The summed E-state index contributed by atoms with van der Waals surface area (Å²) in [5.41, 5.74) is 1.97. The number of hydrogen-bond acceptors (Lipinski definition) is 3. The molecule has 2 aromatic carbocycles. The highest BCUT2D eigenvalue weighted by Crippen LogP contribution is 2.17. The summed E-state index contributed by atoms with van der Waals surface area (Å²) in [7, 11) is 0. The van der Waals surface area contributed by atoms with Crippen molar-refractivity contribution in [2.75, 3.05) is 11.9 Å². The lowest BCUT2D eigenvalue weighted by Crippen LogP contribution is -2.31. The van der Waals surface area contributed by atoms with Crippen LogP contribution in [-0.4, -0.2) is 18.6 Å². The number of ether oxygens (including phenoxy) is 1. The van der Waals surface area contributed by atoms with Gasteiger partial charge in [-0.1, -0.05) is 37.3 Å². The normalized spacial score (nSPS) is 12.0. The SMILES string of the molecule is CCC(NCC(=O)Nc1ccc(OC(C)C)cc1)c1ccccc1. The Bertz CT molecular complexity index is 624. The number of hydrogen-bond donors (Lipinski definition) is 2. The Hall–Kier alpha value is -2.33. The second-order valence-electron chi connectivity index (χ2n) is 5.99. The maximum absolute atomic E-state index is 12.1. The molecule has 1 amide bonds. The molecule has 1 atom stereocenters. The van der Waals surface area contributed by atoms with E-state index in [2.05, 4.69) is 29.7 Å². The molecule has 2 rings (SSSR count). The van der Waals surface area contributed by atoms with Gasteiger partial charge in [-0.05, 0) is 50.1 Å². The zero-order valence-corrected chi connectivity index (χ0v) is 14.6. The third kappa shape index (κ3) is 5.70. The second-order valence-corrected chi connectivity index (χ2v) is 5.99. The van der Waals surface area contributed by atoms with Crippen LogP contribution in [0.4, 0.5) is 5.69 Å². The smallest absolute Gasteiger partial charge is 0.238 e. The van der Waals surface area contributed by atoms with Crippen molar-refractivity contribution in [1.29, 1.82) is 0 Å². The van der Waals surface area contributed by atoms with E-state index in [-0.39, 0.29) is 24.6 Å². The number of amides is 1. The summed E-state index contributed by atoms with van der Waals surface area (Å²) in [4.78, 5) is 12.1. The molecule has 0 aliphatic heterocycles. The fraction of sp³-hybridized carbons (Fsp3) is 0.350. The molecule has 1 unspecified atom stereocenters. The summed E-state index contributed by atoms with van der Waals surface area (Å²) in [6.07, 6.45) is 1.07. The molecule has 128 valence electrons. The molecule has 4 nitrogen and oxygen atoms in total. The van der Waals surface area contributed by atoms with Gasteiger partial charge in [-0.15, -0.1) is 0 Å². The van der Waals surface area contributed by atoms with E-state index in [1.165, 1.54) is 5.56 Å². The highest BCUT2D eigenvalue weighted by Gasteiger charge is 2.10. The summed E-state index contributed by atoms with van der Waals surface area (Å²) in [5, 5.41) is 6.20. The highest BCUT2D eigenvalue weighted by molar-refractivity contribution is 5.92. The van der Waals surface area contributed by atoms with Gasteiger partial charge >= 0.3 is 0 Å². The quantitative estimate of drug-likeness (QED) is 0.766. The minimum atomic E-state index is -0.0538. The first-order valence-electron chi connectivity index (χ1n) is 8.43. The molecular weight excluding hydrogens is 300 g/mol. The van der Waals surface area contributed by atoms with Gasteiger partial charge < -0.3 is 15.4 Å². The van der Waals surface area contributed by atoms with Crippen molar-refractivity contribution in [1.82, 2.24) is 5.32 Å². The van der Waals surface area contributed by atoms with Crippen molar-refractivity contribution in [3.8, 4) is 5.75 Å². The van der Waals surface area contributed by atoms with Gasteiger partial charge in [0.25, 0.3) is 0 Å². The molecule has 0 bridgehead atoms. The van der Waals surface area contributed by atoms with Crippen LogP contribution in [0, 0.1) is 0 Å². The molecule has 0 aliphatic rings. The lowest BCUT2D eigenvalue weighted by molar-refractivity contribution is -0.115. The fourth-order valence-electron chi connectivity index (χ4n) is 2.49. The Morgan fingerprint density at radius 1 is 1.04 bits per heavy atom. The first kappa shape index (κ1) is 18.0. The zero-order chi connectivity index (χ0) is 17.4. The zero-order valence-electron chi connectivity index (χ0n) is 14.6. The number of carbonyl (C=O) groups excluding carboxylic acids is 1. The Kier molecular flexibility index (Phi) is 6.82. The van der Waals surface area contributed by atoms with Gasteiger partial charge in [0.2, 0.25) is 5.91 Å². The summed E-state index contributed by atoms with van der Waals surface area (Å²) < 4.78 is 5.59.